The number of aliphatic hydroxyl groups excluding tert-OH is 1. The third-order valence-corrected chi connectivity index (χ3v) is 9.63. The molecule has 0 radical (unpaired) electrons. The number of methoxy groups -OCH3 is 1. The number of quaternary nitrogens is 1. The van der Waals surface area contributed by atoms with Gasteiger partial charge in [0.25, 0.3) is 17.7 Å². The third-order valence-electron chi connectivity index (χ3n) is 9.31. The number of fused-ring (bicyclic) bond motifs is 1. The fraction of sp³-hybridized carbons (Fsp3) is 0.419. The van der Waals surface area contributed by atoms with E-state index in [1.807, 2.05) is 19.0 Å². The van der Waals surface area contributed by atoms with Gasteiger partial charge in [-0.25, -0.2) is 9.37 Å². The molecule has 3 amide bonds. The second-order valence-electron chi connectivity index (χ2n) is 12.6. The fourth-order valence-corrected chi connectivity index (χ4v) is 7.04. The number of aliphatic hydroxyl groups is 1. The van der Waals surface area contributed by atoms with Gasteiger partial charge in [-0.15, -0.1) is 0 Å². The Morgan fingerprint density at radius 1 is 1.09 bits per heavy atom. The lowest BCUT2D eigenvalue weighted by atomic mass is 10.1. The van der Waals surface area contributed by atoms with Crippen LogP contribution >= 0.6 is 11.6 Å². The number of aromatic nitrogens is 2. The first-order valence-electron chi connectivity index (χ1n) is 14.6. The molecule has 45 heavy (non-hydrogen) atoms. The summed E-state index contributed by atoms with van der Waals surface area (Å²) in [5, 5.41) is 15.9. The van der Waals surface area contributed by atoms with Crippen molar-refractivity contribution in [3.8, 4) is 17.0 Å². The molecule has 2 unspecified atom stereocenters. The van der Waals surface area contributed by atoms with Gasteiger partial charge >= 0.3 is 0 Å². The normalized spacial score (nSPS) is 24.7. The number of carbonyl (C=O) groups excluding carboxylic acids is 3. The number of rotatable bonds is 7. The van der Waals surface area contributed by atoms with E-state index in [1.54, 1.807) is 0 Å². The number of benzene rings is 2. The standard InChI is InChI=1S/C31H33ClF2N6O5/c1-38-22(18-7-8-24(45-4)26(34)25(18)33)11-35-28(38)30(43)36-15-5-6-17(21(32)9-15)29(42)37-27-19-12-39(13-20(19)27)31(44)23-10-16(41)14-40(23,2)3/h5-9,11,16,19-20,23,27,41H,10,12-14H2,1-4H3,(H-,36,37,42,43)/p+1/t16-,19?,20?,23+,27?/m1/s1. The van der Waals surface area contributed by atoms with Crippen LogP contribution in [-0.4, -0.2) is 101 Å². The molecule has 0 spiro atoms. The van der Waals surface area contributed by atoms with Crippen LogP contribution in [0.2, 0.25) is 5.02 Å². The van der Waals surface area contributed by atoms with Gasteiger partial charge in [-0.2, -0.15) is 4.39 Å². The Morgan fingerprint density at radius 3 is 2.42 bits per heavy atom. The number of hydrogen-bond donors (Lipinski definition) is 3. The molecule has 1 aromatic heterocycles. The molecule has 3 aromatic rings. The number of ether oxygens (including phenoxy) is 1. The zero-order chi connectivity index (χ0) is 32.4. The number of imidazole rings is 1. The van der Waals surface area contributed by atoms with E-state index in [1.165, 1.54) is 55.3 Å². The highest BCUT2D eigenvalue weighted by Crippen LogP contribution is 2.46. The monoisotopic (exact) mass is 643 g/mol. The molecular weight excluding hydrogens is 610 g/mol. The minimum absolute atomic E-state index is 0.0538. The largest absolute Gasteiger partial charge is 0.494 e. The average molecular weight is 644 g/mol. The number of nitrogens with zero attached hydrogens (tertiary/aromatic N) is 4. The summed E-state index contributed by atoms with van der Waals surface area (Å²) in [6.45, 7) is 1.68. The topological polar surface area (TPSA) is 126 Å². The van der Waals surface area contributed by atoms with Gasteiger partial charge in [0.2, 0.25) is 5.82 Å². The fourth-order valence-electron chi connectivity index (χ4n) is 6.77. The van der Waals surface area contributed by atoms with Crippen molar-refractivity contribution in [2.45, 2.75) is 24.6 Å². The Labute approximate surface area is 263 Å². The van der Waals surface area contributed by atoms with Crippen molar-refractivity contribution in [2.75, 3.05) is 46.2 Å². The van der Waals surface area contributed by atoms with Crippen LogP contribution in [-0.2, 0) is 11.8 Å². The van der Waals surface area contributed by atoms with Gasteiger partial charge in [-0.05, 0) is 30.3 Å². The lowest BCUT2D eigenvalue weighted by Gasteiger charge is -2.33. The van der Waals surface area contributed by atoms with Crippen LogP contribution in [0, 0.1) is 23.5 Å². The molecule has 2 aliphatic heterocycles. The SMILES string of the molecule is COc1ccc(-c2cnc(C(=O)Nc3ccc(C(=O)NC4C5CN(C(=O)[C@@H]6C[C@@H](O)C[N+]6(C)C)CC54)c(Cl)c3)n2C)c(F)c1F. The Morgan fingerprint density at radius 2 is 1.80 bits per heavy atom. The van der Waals surface area contributed by atoms with Crippen LogP contribution in [0.1, 0.15) is 27.4 Å². The number of hydrogen-bond acceptors (Lipinski definition) is 6. The van der Waals surface area contributed by atoms with Gasteiger partial charge in [0.05, 0.1) is 43.7 Å². The molecule has 3 N–H and O–H groups in total. The van der Waals surface area contributed by atoms with Crippen molar-refractivity contribution in [3.05, 3.63) is 64.6 Å². The zero-order valence-corrected chi connectivity index (χ0v) is 25.9. The lowest BCUT2D eigenvalue weighted by Crippen LogP contribution is -2.53. The second kappa shape index (κ2) is 11.4. The maximum atomic E-state index is 14.6. The first-order valence-corrected chi connectivity index (χ1v) is 14.9. The molecule has 3 aliphatic rings. The molecule has 1 saturated carbocycles. The molecule has 2 saturated heterocycles. The summed E-state index contributed by atoms with van der Waals surface area (Å²) in [7, 11) is 6.66. The highest BCUT2D eigenvalue weighted by atomic mass is 35.5. The van der Waals surface area contributed by atoms with E-state index in [2.05, 4.69) is 15.6 Å². The number of anilines is 1. The van der Waals surface area contributed by atoms with E-state index in [4.69, 9.17) is 16.3 Å². The van der Waals surface area contributed by atoms with Crippen molar-refractivity contribution < 1.29 is 37.5 Å². The number of piperidine rings is 1. The van der Waals surface area contributed by atoms with Crippen molar-refractivity contribution in [2.24, 2.45) is 18.9 Å². The summed E-state index contributed by atoms with van der Waals surface area (Å²) in [4.78, 5) is 45.1. The number of carbonyl (C=O) groups is 3. The van der Waals surface area contributed by atoms with Crippen molar-refractivity contribution in [1.82, 2.24) is 19.8 Å². The van der Waals surface area contributed by atoms with Gasteiger partial charge in [-0.1, -0.05) is 11.6 Å². The van der Waals surface area contributed by atoms with E-state index < -0.39 is 23.6 Å². The molecule has 3 fully saturated rings. The van der Waals surface area contributed by atoms with Gasteiger partial charge in [0, 0.05) is 55.7 Å². The van der Waals surface area contributed by atoms with Crippen LogP contribution in [0.5, 0.6) is 5.75 Å². The van der Waals surface area contributed by atoms with Crippen LogP contribution in [0.15, 0.2) is 36.5 Å². The minimum Gasteiger partial charge on any atom is -0.494 e. The Balaban J connectivity index is 1.06. The van der Waals surface area contributed by atoms with Crippen LogP contribution in [0.3, 0.4) is 0 Å². The maximum Gasteiger partial charge on any atom is 0.291 e. The minimum atomic E-state index is -1.15. The molecule has 1 aliphatic carbocycles. The number of likely N-dealkylation sites (N-methyl/N-ethyl adjacent to an activating group) is 1. The molecule has 2 aromatic carbocycles. The Kier molecular flexibility index (Phi) is 7.82. The highest BCUT2D eigenvalue weighted by Gasteiger charge is 2.59. The number of halogens is 3. The molecule has 3 heterocycles. The lowest BCUT2D eigenvalue weighted by molar-refractivity contribution is -0.894. The molecule has 11 nitrogen and oxygen atoms in total. The summed E-state index contributed by atoms with van der Waals surface area (Å²) in [6.07, 6.45) is 1.25. The van der Waals surface area contributed by atoms with Crippen molar-refractivity contribution in [3.63, 3.8) is 0 Å². The summed E-state index contributed by atoms with van der Waals surface area (Å²) in [5.41, 5.74) is 0.644. The van der Waals surface area contributed by atoms with Gasteiger partial charge < -0.3 is 34.4 Å². The first kappa shape index (κ1) is 30.9. The van der Waals surface area contributed by atoms with Crippen LogP contribution in [0.25, 0.3) is 11.3 Å². The van der Waals surface area contributed by atoms with Gasteiger partial charge in [0.15, 0.2) is 23.4 Å². The predicted octanol–water partition coefficient (Wildman–Crippen LogP) is 2.68. The van der Waals surface area contributed by atoms with Gasteiger partial charge in [-0.3, -0.25) is 14.4 Å². The third kappa shape index (κ3) is 5.53. The van der Waals surface area contributed by atoms with E-state index >= 15 is 0 Å². The quantitative estimate of drug-likeness (QED) is 0.340. The summed E-state index contributed by atoms with van der Waals surface area (Å²) in [6, 6.07) is 6.79. The molecule has 238 valence electrons. The molecule has 6 rings (SSSR count). The van der Waals surface area contributed by atoms with E-state index in [0.717, 1.165) is 0 Å². The summed E-state index contributed by atoms with van der Waals surface area (Å²) >= 11 is 6.43. The predicted molar refractivity (Wildman–Crippen MR) is 161 cm³/mol. The second-order valence-corrected chi connectivity index (χ2v) is 13.0. The first-order chi connectivity index (χ1) is 21.3. The summed E-state index contributed by atoms with van der Waals surface area (Å²) in [5.74, 6) is -3.15. The number of nitrogens with one attached hydrogen (secondary N) is 2. The number of likely N-dealkylation sites (tertiary alicyclic amines) is 2. The van der Waals surface area contributed by atoms with Crippen molar-refractivity contribution in [1.29, 1.82) is 0 Å². The summed E-state index contributed by atoms with van der Waals surface area (Å²) < 4.78 is 35.5. The Hall–Kier alpha value is -4.07. The molecule has 0 bridgehead atoms. The molecule has 4 atom stereocenters. The van der Waals surface area contributed by atoms with E-state index in [9.17, 15) is 28.3 Å². The highest BCUT2D eigenvalue weighted by molar-refractivity contribution is 6.34. The van der Waals surface area contributed by atoms with Gasteiger partial charge in [0.1, 0.15) is 12.6 Å². The van der Waals surface area contributed by atoms with E-state index in [0.29, 0.717) is 36.2 Å². The van der Waals surface area contributed by atoms with Crippen LogP contribution < -0.4 is 15.4 Å². The Bertz CT molecular complexity index is 1700. The smallest absolute Gasteiger partial charge is 0.291 e. The molecule has 14 heteroatoms. The number of amides is 3. The van der Waals surface area contributed by atoms with Crippen LogP contribution in [0.4, 0.5) is 14.5 Å². The average Bonchev–Trinajstić information content (AvgIpc) is 3.31. The maximum absolute atomic E-state index is 14.6. The van der Waals surface area contributed by atoms with E-state index in [-0.39, 0.29) is 69.2 Å². The zero-order valence-electron chi connectivity index (χ0n) is 25.2. The molecular formula is C31H34ClF2N6O5+. The van der Waals surface area contributed by atoms with Crippen molar-refractivity contribution >= 4 is 35.0 Å².